The van der Waals surface area contributed by atoms with Gasteiger partial charge in [-0.1, -0.05) is 20.8 Å². The van der Waals surface area contributed by atoms with Gasteiger partial charge in [-0.25, -0.2) is 0 Å². The van der Waals surface area contributed by atoms with Gasteiger partial charge in [-0.2, -0.15) is 0 Å². The summed E-state index contributed by atoms with van der Waals surface area (Å²) in [6, 6.07) is 1.31. The molecule has 2 fully saturated rings. The van der Waals surface area contributed by atoms with Crippen molar-refractivity contribution in [1.29, 1.82) is 0 Å². The van der Waals surface area contributed by atoms with E-state index in [1.807, 2.05) is 0 Å². The molecule has 2 aliphatic rings. The highest BCUT2D eigenvalue weighted by Crippen LogP contribution is 2.35. The molecule has 0 aromatic rings. The van der Waals surface area contributed by atoms with E-state index in [1.165, 1.54) is 25.8 Å². The maximum atomic E-state index is 5.74. The van der Waals surface area contributed by atoms with Gasteiger partial charge in [-0.3, -0.25) is 0 Å². The zero-order valence-corrected chi connectivity index (χ0v) is 14.1. The van der Waals surface area contributed by atoms with Crippen LogP contribution in [0.2, 0.25) is 0 Å². The zero-order chi connectivity index (χ0) is 14.7. The molecule has 118 valence electrons. The maximum Gasteiger partial charge on any atom is 0.0702 e. The first-order valence-corrected chi connectivity index (χ1v) is 8.58. The van der Waals surface area contributed by atoms with Crippen LogP contribution in [-0.4, -0.2) is 49.8 Å². The van der Waals surface area contributed by atoms with Crippen molar-refractivity contribution < 1.29 is 4.74 Å². The van der Waals surface area contributed by atoms with E-state index in [1.54, 1.807) is 0 Å². The van der Waals surface area contributed by atoms with Gasteiger partial charge in [0.1, 0.15) is 0 Å². The fraction of sp³-hybridized carbons (Fsp3) is 1.00. The van der Waals surface area contributed by atoms with E-state index < -0.39 is 0 Å². The van der Waals surface area contributed by atoms with Crippen LogP contribution in [0.25, 0.3) is 0 Å². The second-order valence-electron chi connectivity index (χ2n) is 7.25. The summed E-state index contributed by atoms with van der Waals surface area (Å²) in [7, 11) is 2.30. The Morgan fingerprint density at radius 3 is 2.55 bits per heavy atom. The molecule has 0 bridgehead atoms. The summed E-state index contributed by atoms with van der Waals surface area (Å²) >= 11 is 0. The molecule has 1 aliphatic carbocycles. The third kappa shape index (κ3) is 3.75. The molecule has 6 atom stereocenters. The van der Waals surface area contributed by atoms with Crippen LogP contribution < -0.4 is 5.32 Å². The first-order chi connectivity index (χ1) is 9.52. The second kappa shape index (κ2) is 7.24. The number of nitrogens with zero attached hydrogens (tertiary/aromatic N) is 1. The smallest absolute Gasteiger partial charge is 0.0702 e. The Kier molecular flexibility index (Phi) is 5.88. The molecule has 1 aliphatic heterocycles. The summed E-state index contributed by atoms with van der Waals surface area (Å²) in [5, 5.41) is 3.74. The predicted octanol–water partition coefficient (Wildman–Crippen LogP) is 2.76. The maximum absolute atomic E-state index is 5.74. The molecule has 6 unspecified atom stereocenters. The first kappa shape index (κ1) is 16.3. The molecular formula is C17H34N2O. The lowest BCUT2D eigenvalue weighted by molar-refractivity contribution is 0.0558. The molecule has 1 saturated heterocycles. The minimum absolute atomic E-state index is 0.399. The zero-order valence-electron chi connectivity index (χ0n) is 14.1. The molecule has 0 spiro atoms. The highest BCUT2D eigenvalue weighted by molar-refractivity contribution is 4.91. The van der Waals surface area contributed by atoms with Gasteiger partial charge >= 0.3 is 0 Å². The van der Waals surface area contributed by atoms with E-state index in [9.17, 15) is 0 Å². The lowest BCUT2D eigenvalue weighted by Crippen LogP contribution is -2.50. The highest BCUT2D eigenvalue weighted by Gasteiger charge is 2.36. The number of ether oxygens (including phenoxy) is 1. The van der Waals surface area contributed by atoms with Crippen molar-refractivity contribution >= 4 is 0 Å². The van der Waals surface area contributed by atoms with Crippen molar-refractivity contribution in [1.82, 2.24) is 10.2 Å². The van der Waals surface area contributed by atoms with Crippen LogP contribution in [0.4, 0.5) is 0 Å². The van der Waals surface area contributed by atoms with Crippen LogP contribution >= 0.6 is 0 Å². The summed E-state index contributed by atoms with van der Waals surface area (Å²) in [6.07, 6.45) is 4.32. The Morgan fingerprint density at radius 2 is 1.95 bits per heavy atom. The molecule has 20 heavy (non-hydrogen) atoms. The number of nitrogens with one attached hydrogen (secondary N) is 1. The SMILES string of the molecule is CCNC1CC(C)CC(C)C1CN(C)C1CCOC1C. The topological polar surface area (TPSA) is 24.5 Å². The van der Waals surface area contributed by atoms with Gasteiger partial charge in [0.15, 0.2) is 0 Å². The van der Waals surface area contributed by atoms with Crippen molar-refractivity contribution in [3.8, 4) is 0 Å². The summed E-state index contributed by atoms with van der Waals surface area (Å²) in [5.74, 6) is 2.47. The van der Waals surface area contributed by atoms with Gasteiger partial charge in [-0.15, -0.1) is 0 Å². The Morgan fingerprint density at radius 1 is 1.20 bits per heavy atom. The third-order valence-electron chi connectivity index (χ3n) is 5.55. The van der Waals surface area contributed by atoms with Gasteiger partial charge < -0.3 is 15.0 Å². The Labute approximate surface area is 125 Å². The van der Waals surface area contributed by atoms with E-state index in [0.29, 0.717) is 18.2 Å². The monoisotopic (exact) mass is 282 g/mol. The van der Waals surface area contributed by atoms with E-state index in [2.05, 4.69) is 45.0 Å². The fourth-order valence-electron chi connectivity index (χ4n) is 4.48. The molecule has 2 rings (SSSR count). The molecular weight excluding hydrogens is 248 g/mol. The van der Waals surface area contributed by atoms with Gasteiger partial charge in [0.25, 0.3) is 0 Å². The number of likely N-dealkylation sites (N-methyl/N-ethyl adjacent to an activating group) is 1. The minimum Gasteiger partial charge on any atom is -0.377 e. The lowest BCUT2D eigenvalue weighted by atomic mass is 9.72. The second-order valence-corrected chi connectivity index (χ2v) is 7.25. The van der Waals surface area contributed by atoms with Gasteiger partial charge in [0, 0.05) is 25.2 Å². The normalized spacial score (nSPS) is 42.3. The van der Waals surface area contributed by atoms with E-state index in [4.69, 9.17) is 4.74 Å². The van der Waals surface area contributed by atoms with Crippen molar-refractivity contribution in [2.75, 3.05) is 26.7 Å². The Balaban J connectivity index is 1.96. The van der Waals surface area contributed by atoms with Gasteiger partial charge in [-0.05, 0) is 57.5 Å². The number of hydrogen-bond acceptors (Lipinski definition) is 3. The highest BCUT2D eigenvalue weighted by atomic mass is 16.5. The molecule has 1 saturated carbocycles. The quantitative estimate of drug-likeness (QED) is 0.839. The van der Waals surface area contributed by atoms with Crippen LogP contribution in [0, 0.1) is 17.8 Å². The molecule has 0 aromatic heterocycles. The third-order valence-corrected chi connectivity index (χ3v) is 5.55. The first-order valence-electron chi connectivity index (χ1n) is 8.58. The van der Waals surface area contributed by atoms with Crippen molar-refractivity contribution in [2.45, 2.75) is 65.1 Å². The summed E-state index contributed by atoms with van der Waals surface area (Å²) in [5.41, 5.74) is 0. The minimum atomic E-state index is 0.399. The van der Waals surface area contributed by atoms with Gasteiger partial charge in [0.2, 0.25) is 0 Å². The number of hydrogen-bond donors (Lipinski definition) is 1. The Hall–Kier alpha value is -0.120. The van der Waals surface area contributed by atoms with Crippen molar-refractivity contribution in [3.63, 3.8) is 0 Å². The average Bonchev–Trinajstić information content (AvgIpc) is 2.80. The van der Waals surface area contributed by atoms with E-state index >= 15 is 0 Å². The van der Waals surface area contributed by atoms with E-state index in [-0.39, 0.29) is 0 Å². The van der Waals surface area contributed by atoms with Crippen LogP contribution in [0.15, 0.2) is 0 Å². The number of rotatable bonds is 5. The van der Waals surface area contributed by atoms with Crippen LogP contribution in [0.3, 0.4) is 0 Å². The molecule has 3 heteroatoms. The molecule has 0 aromatic carbocycles. The van der Waals surface area contributed by atoms with Crippen LogP contribution in [0.5, 0.6) is 0 Å². The summed E-state index contributed by atoms with van der Waals surface area (Å²) in [6.45, 7) is 12.6. The van der Waals surface area contributed by atoms with Crippen LogP contribution in [0.1, 0.15) is 47.0 Å². The summed E-state index contributed by atoms with van der Waals surface area (Å²) < 4.78 is 5.74. The molecule has 3 nitrogen and oxygen atoms in total. The lowest BCUT2D eigenvalue weighted by Gasteiger charge is -2.43. The average molecular weight is 282 g/mol. The van der Waals surface area contributed by atoms with Crippen molar-refractivity contribution in [2.24, 2.45) is 17.8 Å². The fourth-order valence-corrected chi connectivity index (χ4v) is 4.48. The van der Waals surface area contributed by atoms with Gasteiger partial charge in [0.05, 0.1) is 6.10 Å². The molecule has 1 heterocycles. The molecule has 0 amide bonds. The summed E-state index contributed by atoms with van der Waals surface area (Å²) in [4.78, 5) is 2.57. The standard InChI is InChI=1S/C17H34N2O/c1-6-18-16-10-12(2)9-13(3)15(16)11-19(5)17-7-8-20-14(17)4/h12-18H,6-11H2,1-5H3. The molecule has 1 N–H and O–H groups in total. The van der Waals surface area contributed by atoms with Crippen LogP contribution in [-0.2, 0) is 4.74 Å². The Bertz CT molecular complexity index is 297. The van der Waals surface area contributed by atoms with E-state index in [0.717, 1.165) is 30.9 Å². The largest absolute Gasteiger partial charge is 0.377 e. The predicted molar refractivity (Wildman–Crippen MR) is 85.0 cm³/mol. The van der Waals surface area contributed by atoms with Crippen molar-refractivity contribution in [3.05, 3.63) is 0 Å². The molecule has 0 radical (unpaired) electrons.